The summed E-state index contributed by atoms with van der Waals surface area (Å²) in [6, 6.07) is 5.29. The van der Waals surface area contributed by atoms with Crippen molar-refractivity contribution in [3.8, 4) is 11.5 Å². The molecule has 1 atom stereocenters. The Bertz CT molecular complexity index is 519. The van der Waals surface area contributed by atoms with Gasteiger partial charge in [0.15, 0.2) is 0 Å². The van der Waals surface area contributed by atoms with Crippen molar-refractivity contribution in [1.29, 1.82) is 0 Å². The van der Waals surface area contributed by atoms with Gasteiger partial charge >= 0.3 is 6.09 Å². The molecule has 6 heteroatoms. The van der Waals surface area contributed by atoms with Gasteiger partial charge in [-0.1, -0.05) is 0 Å². The molecule has 1 aromatic rings. The van der Waals surface area contributed by atoms with E-state index in [0.29, 0.717) is 17.2 Å². The monoisotopic (exact) mass is 308 g/mol. The number of ether oxygens (including phenoxy) is 3. The SMILES string of the molecule is COc1ccc(NC(=O)OC(C)(C)C)c(OC2CCNC2)c1. The minimum atomic E-state index is -0.549. The van der Waals surface area contributed by atoms with E-state index >= 15 is 0 Å². The van der Waals surface area contributed by atoms with Crippen LogP contribution in [0.1, 0.15) is 27.2 Å². The standard InChI is InChI=1S/C16H24N2O4/c1-16(2,3)22-15(19)18-13-6-5-11(20-4)9-14(13)21-12-7-8-17-10-12/h5-6,9,12,17H,7-8,10H2,1-4H3,(H,18,19). The summed E-state index contributed by atoms with van der Waals surface area (Å²) < 4.78 is 16.5. The Morgan fingerprint density at radius 2 is 2.14 bits per heavy atom. The number of amides is 1. The van der Waals surface area contributed by atoms with Crippen LogP contribution in [0.2, 0.25) is 0 Å². The Morgan fingerprint density at radius 3 is 2.73 bits per heavy atom. The van der Waals surface area contributed by atoms with Crippen molar-refractivity contribution in [3.05, 3.63) is 18.2 Å². The van der Waals surface area contributed by atoms with Crippen LogP contribution in [-0.4, -0.2) is 38.0 Å². The first-order chi connectivity index (χ1) is 10.4. The van der Waals surface area contributed by atoms with E-state index < -0.39 is 11.7 Å². The maximum Gasteiger partial charge on any atom is 0.412 e. The fourth-order valence-electron chi connectivity index (χ4n) is 2.15. The second-order valence-electron chi connectivity index (χ2n) is 6.22. The van der Waals surface area contributed by atoms with Crippen LogP contribution in [0.4, 0.5) is 10.5 Å². The highest BCUT2D eigenvalue weighted by Gasteiger charge is 2.21. The van der Waals surface area contributed by atoms with E-state index in [2.05, 4.69) is 10.6 Å². The highest BCUT2D eigenvalue weighted by molar-refractivity contribution is 5.87. The third kappa shape index (κ3) is 4.80. The molecular weight excluding hydrogens is 284 g/mol. The molecule has 1 aliphatic rings. The van der Waals surface area contributed by atoms with Crippen LogP contribution in [-0.2, 0) is 4.74 Å². The summed E-state index contributed by atoms with van der Waals surface area (Å²) in [5.74, 6) is 1.26. The fourth-order valence-corrected chi connectivity index (χ4v) is 2.15. The summed E-state index contributed by atoms with van der Waals surface area (Å²) in [7, 11) is 1.59. The number of methoxy groups -OCH3 is 1. The van der Waals surface area contributed by atoms with Gasteiger partial charge in [0.1, 0.15) is 23.2 Å². The number of benzene rings is 1. The quantitative estimate of drug-likeness (QED) is 0.895. The summed E-state index contributed by atoms with van der Waals surface area (Å²) in [6.45, 7) is 7.19. The van der Waals surface area contributed by atoms with Gasteiger partial charge in [-0.2, -0.15) is 0 Å². The number of nitrogens with one attached hydrogen (secondary N) is 2. The number of anilines is 1. The van der Waals surface area contributed by atoms with E-state index in [9.17, 15) is 4.79 Å². The molecule has 1 aromatic carbocycles. The molecule has 2 rings (SSSR count). The number of hydrogen-bond donors (Lipinski definition) is 2. The average molecular weight is 308 g/mol. The predicted molar refractivity (Wildman–Crippen MR) is 84.8 cm³/mol. The molecule has 1 unspecified atom stereocenters. The van der Waals surface area contributed by atoms with Gasteiger partial charge in [0, 0.05) is 12.6 Å². The molecule has 0 saturated carbocycles. The summed E-state index contributed by atoms with van der Waals surface area (Å²) in [5.41, 5.74) is 0.0226. The van der Waals surface area contributed by atoms with Gasteiger partial charge in [-0.05, 0) is 45.9 Å². The zero-order valence-electron chi connectivity index (χ0n) is 13.6. The lowest BCUT2D eigenvalue weighted by Crippen LogP contribution is -2.27. The van der Waals surface area contributed by atoms with Crippen molar-refractivity contribution in [1.82, 2.24) is 5.32 Å². The van der Waals surface area contributed by atoms with Crippen molar-refractivity contribution in [2.75, 3.05) is 25.5 Å². The van der Waals surface area contributed by atoms with Crippen molar-refractivity contribution >= 4 is 11.8 Å². The molecule has 1 saturated heterocycles. The Kier molecular flexibility index (Phi) is 5.13. The van der Waals surface area contributed by atoms with Crippen molar-refractivity contribution in [2.45, 2.75) is 38.9 Å². The van der Waals surface area contributed by atoms with E-state index in [4.69, 9.17) is 14.2 Å². The molecule has 1 aliphatic heterocycles. The van der Waals surface area contributed by atoms with Crippen LogP contribution in [0, 0.1) is 0 Å². The molecule has 0 aromatic heterocycles. The van der Waals surface area contributed by atoms with Crippen LogP contribution >= 0.6 is 0 Å². The van der Waals surface area contributed by atoms with E-state index in [1.807, 2.05) is 20.8 Å². The molecular formula is C16H24N2O4. The summed E-state index contributed by atoms with van der Waals surface area (Å²) in [5, 5.41) is 5.97. The topological polar surface area (TPSA) is 68.8 Å². The number of carbonyl (C=O) groups is 1. The highest BCUT2D eigenvalue weighted by Crippen LogP contribution is 2.31. The van der Waals surface area contributed by atoms with E-state index in [0.717, 1.165) is 19.5 Å². The Morgan fingerprint density at radius 1 is 1.36 bits per heavy atom. The first-order valence-corrected chi connectivity index (χ1v) is 7.43. The fraction of sp³-hybridized carbons (Fsp3) is 0.562. The number of carbonyl (C=O) groups excluding carboxylic acids is 1. The first kappa shape index (κ1) is 16.4. The largest absolute Gasteiger partial charge is 0.497 e. The second-order valence-corrected chi connectivity index (χ2v) is 6.22. The van der Waals surface area contributed by atoms with Gasteiger partial charge in [-0.15, -0.1) is 0 Å². The van der Waals surface area contributed by atoms with Crippen LogP contribution < -0.4 is 20.1 Å². The normalized spacial score (nSPS) is 17.9. The lowest BCUT2D eigenvalue weighted by atomic mass is 10.2. The maximum absolute atomic E-state index is 11.9. The molecule has 1 heterocycles. The van der Waals surface area contributed by atoms with E-state index in [1.54, 1.807) is 25.3 Å². The average Bonchev–Trinajstić information content (AvgIpc) is 2.91. The minimum absolute atomic E-state index is 0.0892. The van der Waals surface area contributed by atoms with Crippen LogP contribution in [0.15, 0.2) is 18.2 Å². The third-order valence-corrected chi connectivity index (χ3v) is 3.13. The Balaban J connectivity index is 2.12. The molecule has 22 heavy (non-hydrogen) atoms. The van der Waals surface area contributed by atoms with Gasteiger partial charge in [-0.3, -0.25) is 5.32 Å². The number of hydrogen-bond acceptors (Lipinski definition) is 5. The Labute approximate surface area is 131 Å². The van der Waals surface area contributed by atoms with Gasteiger partial charge in [0.25, 0.3) is 0 Å². The van der Waals surface area contributed by atoms with Gasteiger partial charge in [-0.25, -0.2) is 4.79 Å². The van der Waals surface area contributed by atoms with Crippen LogP contribution in [0.25, 0.3) is 0 Å². The highest BCUT2D eigenvalue weighted by atomic mass is 16.6. The summed E-state index contributed by atoms with van der Waals surface area (Å²) in [4.78, 5) is 11.9. The molecule has 122 valence electrons. The minimum Gasteiger partial charge on any atom is -0.497 e. The van der Waals surface area contributed by atoms with E-state index in [1.165, 1.54) is 0 Å². The summed E-state index contributed by atoms with van der Waals surface area (Å²) >= 11 is 0. The van der Waals surface area contributed by atoms with Gasteiger partial charge in [0.05, 0.1) is 12.8 Å². The van der Waals surface area contributed by atoms with Crippen LogP contribution in [0.5, 0.6) is 11.5 Å². The second kappa shape index (κ2) is 6.87. The number of rotatable bonds is 4. The van der Waals surface area contributed by atoms with Gasteiger partial charge < -0.3 is 19.5 Å². The first-order valence-electron chi connectivity index (χ1n) is 7.43. The molecule has 0 spiro atoms. The van der Waals surface area contributed by atoms with Gasteiger partial charge in [0.2, 0.25) is 0 Å². The lowest BCUT2D eigenvalue weighted by molar-refractivity contribution is 0.0635. The molecule has 6 nitrogen and oxygen atoms in total. The smallest absolute Gasteiger partial charge is 0.412 e. The zero-order valence-corrected chi connectivity index (χ0v) is 13.6. The van der Waals surface area contributed by atoms with Crippen LogP contribution in [0.3, 0.4) is 0 Å². The molecule has 0 aliphatic carbocycles. The molecule has 0 radical (unpaired) electrons. The zero-order chi connectivity index (χ0) is 16.2. The molecule has 2 N–H and O–H groups in total. The predicted octanol–water partition coefficient (Wildman–Crippen LogP) is 2.78. The van der Waals surface area contributed by atoms with Crippen molar-refractivity contribution < 1.29 is 19.0 Å². The molecule has 1 amide bonds. The third-order valence-electron chi connectivity index (χ3n) is 3.13. The maximum atomic E-state index is 11.9. The molecule has 0 bridgehead atoms. The lowest BCUT2D eigenvalue weighted by Gasteiger charge is -2.21. The van der Waals surface area contributed by atoms with Crippen molar-refractivity contribution in [3.63, 3.8) is 0 Å². The Hall–Kier alpha value is -1.95. The summed E-state index contributed by atoms with van der Waals surface area (Å²) in [6.07, 6.45) is 0.515. The van der Waals surface area contributed by atoms with Crippen molar-refractivity contribution in [2.24, 2.45) is 0 Å². The molecule has 1 fully saturated rings. The van der Waals surface area contributed by atoms with E-state index in [-0.39, 0.29) is 6.10 Å².